The molecule has 0 saturated carbocycles. The Labute approximate surface area is 113 Å². The van der Waals surface area contributed by atoms with Gasteiger partial charge in [0.2, 0.25) is 10.0 Å². The molecule has 1 aliphatic rings. The van der Waals surface area contributed by atoms with Crippen molar-refractivity contribution in [1.82, 2.24) is 4.31 Å². The molecule has 108 valence electrons. The van der Waals surface area contributed by atoms with Crippen molar-refractivity contribution in [1.29, 1.82) is 0 Å². The van der Waals surface area contributed by atoms with Crippen molar-refractivity contribution in [3.63, 3.8) is 0 Å². The summed E-state index contributed by atoms with van der Waals surface area (Å²) in [5, 5.41) is 15.7. The molecule has 2 rings (SSSR count). The van der Waals surface area contributed by atoms with E-state index < -0.39 is 40.4 Å². The molecule has 1 aromatic carbocycles. The van der Waals surface area contributed by atoms with Crippen molar-refractivity contribution in [3.8, 4) is 0 Å². The molecule has 10 nitrogen and oxygen atoms in total. The molecule has 0 bridgehead atoms. The van der Waals surface area contributed by atoms with Gasteiger partial charge in [-0.1, -0.05) is 0 Å². The van der Waals surface area contributed by atoms with Crippen molar-refractivity contribution in [2.45, 2.75) is 9.79 Å². The Balaban J connectivity index is 2.91. The second-order valence-corrected chi connectivity index (χ2v) is 7.35. The van der Waals surface area contributed by atoms with Crippen LogP contribution in [-0.2, 0) is 20.0 Å². The predicted molar refractivity (Wildman–Crippen MR) is 67.6 cm³/mol. The first-order valence-electron chi connectivity index (χ1n) is 4.92. The van der Waals surface area contributed by atoms with E-state index in [4.69, 9.17) is 5.14 Å². The molecular formula is C8H8N4O6S2. The number of hydrogen-bond donors (Lipinski definition) is 1. The van der Waals surface area contributed by atoms with Gasteiger partial charge in [-0.15, -0.1) is 0 Å². The van der Waals surface area contributed by atoms with Gasteiger partial charge in [0, 0.05) is 13.1 Å². The highest BCUT2D eigenvalue weighted by molar-refractivity contribution is 7.90. The van der Waals surface area contributed by atoms with Crippen LogP contribution in [0.3, 0.4) is 0 Å². The fourth-order valence-electron chi connectivity index (χ4n) is 1.58. The van der Waals surface area contributed by atoms with Crippen LogP contribution in [0, 0.1) is 10.1 Å². The van der Waals surface area contributed by atoms with Crippen LogP contribution in [0.2, 0.25) is 0 Å². The normalized spacial score (nSPS) is 16.8. The zero-order chi connectivity index (χ0) is 15.3. The van der Waals surface area contributed by atoms with Crippen LogP contribution in [0.15, 0.2) is 26.9 Å². The Morgan fingerprint density at radius 1 is 1.40 bits per heavy atom. The summed E-state index contributed by atoms with van der Waals surface area (Å²) in [6.07, 6.45) is 0.956. The summed E-state index contributed by atoms with van der Waals surface area (Å²) in [6, 6.07) is 1.40. The monoisotopic (exact) mass is 320 g/mol. The summed E-state index contributed by atoms with van der Waals surface area (Å²) >= 11 is 0. The zero-order valence-electron chi connectivity index (χ0n) is 9.92. The molecule has 0 aliphatic carbocycles. The maximum absolute atomic E-state index is 12.0. The van der Waals surface area contributed by atoms with Gasteiger partial charge in [0.25, 0.3) is 15.7 Å². The van der Waals surface area contributed by atoms with Gasteiger partial charge in [-0.05, 0) is 6.07 Å². The van der Waals surface area contributed by atoms with E-state index >= 15 is 0 Å². The van der Waals surface area contributed by atoms with E-state index in [0.29, 0.717) is 6.07 Å². The molecule has 0 unspecified atom stereocenters. The largest absolute Gasteiger partial charge is 0.291 e. The molecule has 1 heterocycles. The van der Waals surface area contributed by atoms with Crippen LogP contribution < -0.4 is 5.14 Å². The zero-order valence-corrected chi connectivity index (χ0v) is 11.6. The van der Waals surface area contributed by atoms with Crippen molar-refractivity contribution in [3.05, 3.63) is 22.2 Å². The quantitative estimate of drug-likeness (QED) is 0.574. The molecular weight excluding hydrogens is 312 g/mol. The molecule has 12 heteroatoms. The molecule has 0 radical (unpaired) electrons. The molecule has 1 aliphatic heterocycles. The summed E-state index contributed by atoms with van der Waals surface area (Å²) in [5.74, 6) is 0. The Morgan fingerprint density at radius 2 is 2.00 bits per heavy atom. The standard InChI is InChI=1S/C8H8N4O6S2/c1-11-4-10-5-2-6(12(13)14)8(19(9,15)16)3-7(5)20(11,17)18/h2-4H,1H3,(H2,9,15,16). The first-order valence-corrected chi connectivity index (χ1v) is 7.91. The number of primary sulfonamides is 1. The number of nitro benzene ring substituents is 1. The van der Waals surface area contributed by atoms with Crippen molar-refractivity contribution in [2.75, 3.05) is 7.05 Å². The van der Waals surface area contributed by atoms with Crippen LogP contribution in [0.4, 0.5) is 11.4 Å². The number of sulfonamides is 2. The Kier molecular flexibility index (Phi) is 3.03. The van der Waals surface area contributed by atoms with E-state index in [2.05, 4.69) is 4.99 Å². The Morgan fingerprint density at radius 3 is 2.50 bits per heavy atom. The average molecular weight is 320 g/mol. The van der Waals surface area contributed by atoms with Crippen molar-refractivity contribution in [2.24, 2.45) is 10.1 Å². The highest BCUT2D eigenvalue weighted by Gasteiger charge is 2.33. The maximum atomic E-state index is 12.0. The third kappa shape index (κ3) is 2.13. The topological polar surface area (TPSA) is 153 Å². The summed E-state index contributed by atoms with van der Waals surface area (Å²) in [6.45, 7) is 0. The smallest absolute Gasteiger partial charge is 0.259 e. The van der Waals surface area contributed by atoms with Gasteiger partial charge in [0.1, 0.15) is 11.2 Å². The van der Waals surface area contributed by atoms with Gasteiger partial charge < -0.3 is 0 Å². The first-order chi connectivity index (χ1) is 9.05. The fourth-order valence-corrected chi connectivity index (χ4v) is 3.48. The van der Waals surface area contributed by atoms with Crippen molar-refractivity contribution < 1.29 is 21.8 Å². The number of nitrogens with two attached hydrogens (primary N) is 1. The van der Waals surface area contributed by atoms with Gasteiger partial charge in [-0.3, -0.25) is 14.4 Å². The van der Waals surface area contributed by atoms with E-state index in [-0.39, 0.29) is 5.69 Å². The van der Waals surface area contributed by atoms with E-state index in [1.165, 1.54) is 7.05 Å². The predicted octanol–water partition coefficient (Wildman–Crippen LogP) is -0.464. The molecule has 0 fully saturated rings. The van der Waals surface area contributed by atoms with Crippen LogP contribution in [0.5, 0.6) is 0 Å². The minimum Gasteiger partial charge on any atom is -0.259 e. The average Bonchev–Trinajstić information content (AvgIpc) is 2.31. The van der Waals surface area contributed by atoms with Gasteiger partial charge >= 0.3 is 0 Å². The SMILES string of the molecule is CN1C=Nc2cc([N+](=O)[O-])c(S(N)(=O)=O)cc2S1(=O)=O. The minimum atomic E-state index is -4.46. The third-order valence-electron chi connectivity index (χ3n) is 2.56. The summed E-state index contributed by atoms with van der Waals surface area (Å²) in [7, 11) is -7.27. The van der Waals surface area contributed by atoms with E-state index in [0.717, 1.165) is 16.7 Å². The molecule has 20 heavy (non-hydrogen) atoms. The lowest BCUT2D eigenvalue weighted by Crippen LogP contribution is -2.28. The van der Waals surface area contributed by atoms with Crippen LogP contribution in [0.25, 0.3) is 0 Å². The summed E-state index contributed by atoms with van der Waals surface area (Å²) in [4.78, 5) is 12.3. The molecule has 0 saturated heterocycles. The van der Waals surface area contributed by atoms with Gasteiger partial charge in [-0.25, -0.2) is 27.0 Å². The van der Waals surface area contributed by atoms with E-state index in [1.807, 2.05) is 0 Å². The molecule has 0 atom stereocenters. The molecule has 0 amide bonds. The summed E-state index contributed by atoms with van der Waals surface area (Å²) < 4.78 is 47.5. The van der Waals surface area contributed by atoms with E-state index in [9.17, 15) is 26.9 Å². The number of nitrogens with zero attached hydrogens (tertiary/aromatic N) is 3. The molecule has 0 spiro atoms. The van der Waals surface area contributed by atoms with E-state index in [1.54, 1.807) is 0 Å². The van der Waals surface area contributed by atoms with Crippen LogP contribution in [0.1, 0.15) is 0 Å². The van der Waals surface area contributed by atoms with Crippen molar-refractivity contribution >= 4 is 37.8 Å². The lowest BCUT2D eigenvalue weighted by Gasteiger charge is -2.20. The number of nitro groups is 1. The number of fused-ring (bicyclic) bond motifs is 1. The second kappa shape index (κ2) is 4.22. The first kappa shape index (κ1) is 14.4. The Bertz CT molecular complexity index is 842. The number of rotatable bonds is 2. The Hall–Kier alpha value is -2.05. The second-order valence-electron chi connectivity index (χ2n) is 3.86. The maximum Gasteiger partial charge on any atom is 0.291 e. The number of benzene rings is 1. The van der Waals surface area contributed by atoms with Gasteiger partial charge in [0.05, 0.1) is 10.6 Å². The van der Waals surface area contributed by atoms with Crippen LogP contribution >= 0.6 is 0 Å². The van der Waals surface area contributed by atoms with Gasteiger partial charge in [0.15, 0.2) is 4.90 Å². The third-order valence-corrected chi connectivity index (χ3v) is 5.24. The lowest BCUT2D eigenvalue weighted by atomic mass is 10.3. The lowest BCUT2D eigenvalue weighted by molar-refractivity contribution is -0.387. The van der Waals surface area contributed by atoms with Crippen LogP contribution in [-0.4, -0.2) is 39.5 Å². The highest BCUT2D eigenvalue weighted by Crippen LogP contribution is 2.37. The highest BCUT2D eigenvalue weighted by atomic mass is 32.2. The number of hydrogen-bond acceptors (Lipinski definition) is 7. The fraction of sp³-hybridized carbons (Fsp3) is 0.125. The minimum absolute atomic E-state index is 0.220. The van der Waals surface area contributed by atoms with Gasteiger partial charge in [-0.2, -0.15) is 0 Å². The number of aliphatic imine (C=N–C) groups is 1. The summed E-state index contributed by atoms with van der Waals surface area (Å²) in [5.41, 5.74) is -1.05. The molecule has 2 N–H and O–H groups in total. The molecule has 1 aromatic rings. The molecule has 0 aromatic heterocycles.